The zero-order valence-electron chi connectivity index (χ0n) is 14.0. The van der Waals surface area contributed by atoms with Gasteiger partial charge in [0.15, 0.2) is 11.5 Å². The van der Waals surface area contributed by atoms with Gasteiger partial charge in [-0.15, -0.1) is 25.2 Å². The molecule has 12 heteroatoms. The van der Waals surface area contributed by atoms with E-state index in [9.17, 15) is 4.79 Å². The van der Waals surface area contributed by atoms with Gasteiger partial charge >= 0.3 is 0 Å². The van der Waals surface area contributed by atoms with Crippen LogP contribution in [-0.2, 0) is 0 Å². The van der Waals surface area contributed by atoms with E-state index in [0.29, 0.717) is 27.2 Å². The number of carbonyl (C=O) groups excluding carboxylic acids is 1. The molecule has 0 radical (unpaired) electrons. The first kappa shape index (κ1) is 17.9. The molecule has 0 atom stereocenters. The zero-order valence-corrected chi connectivity index (χ0v) is 15.5. The number of benzene rings is 2. The Kier molecular flexibility index (Phi) is 4.63. The van der Waals surface area contributed by atoms with Crippen LogP contribution in [0.2, 0.25) is 10.0 Å². The Bertz CT molecular complexity index is 1120. The van der Waals surface area contributed by atoms with Crippen molar-refractivity contribution in [3.05, 3.63) is 58.2 Å². The van der Waals surface area contributed by atoms with E-state index in [1.54, 1.807) is 42.5 Å². The number of rotatable bonds is 5. The van der Waals surface area contributed by atoms with Crippen LogP contribution in [0, 0.1) is 0 Å². The summed E-state index contributed by atoms with van der Waals surface area (Å²) in [6.07, 6.45) is 0. The predicted octanol–water partition coefficient (Wildman–Crippen LogP) is 2.60. The molecule has 4 rings (SSSR count). The predicted molar refractivity (Wildman–Crippen MR) is 103 cm³/mol. The van der Waals surface area contributed by atoms with E-state index in [4.69, 9.17) is 28.9 Å². The first-order valence-corrected chi connectivity index (χ1v) is 8.61. The fourth-order valence-corrected chi connectivity index (χ4v) is 3.01. The molecule has 2 aromatic carbocycles. The Balaban J connectivity index is 1.68. The van der Waals surface area contributed by atoms with Gasteiger partial charge in [-0.25, -0.2) is 0 Å². The van der Waals surface area contributed by atoms with Crippen molar-refractivity contribution in [3.63, 3.8) is 0 Å². The first-order valence-electron chi connectivity index (χ1n) is 7.85. The number of amides is 1. The monoisotopic (exact) mass is 415 g/mol. The molecule has 2 heterocycles. The van der Waals surface area contributed by atoms with Crippen LogP contribution < -0.4 is 11.1 Å². The number of primary amides is 1. The smallest absolute Gasteiger partial charge is 0.273 e. The highest BCUT2D eigenvalue weighted by Crippen LogP contribution is 2.29. The number of hydrogen-bond acceptors (Lipinski definition) is 7. The fourth-order valence-electron chi connectivity index (χ4n) is 2.46. The minimum absolute atomic E-state index is 0.0572. The van der Waals surface area contributed by atoms with E-state index in [1.165, 1.54) is 4.80 Å². The van der Waals surface area contributed by atoms with Crippen molar-refractivity contribution in [3.8, 4) is 17.1 Å². The average molecular weight is 416 g/mol. The Hall–Kier alpha value is -3.50. The van der Waals surface area contributed by atoms with Gasteiger partial charge in [-0.1, -0.05) is 29.3 Å². The third kappa shape index (κ3) is 3.38. The van der Waals surface area contributed by atoms with Crippen LogP contribution in [0.4, 0.5) is 11.5 Å². The molecule has 0 saturated carbocycles. The van der Waals surface area contributed by atoms with Crippen molar-refractivity contribution >= 4 is 40.6 Å². The summed E-state index contributed by atoms with van der Waals surface area (Å²) < 4.78 is 0. The molecule has 4 aromatic rings. The number of hydrogen-bond donors (Lipinski definition) is 3. The maximum Gasteiger partial charge on any atom is 0.273 e. The summed E-state index contributed by atoms with van der Waals surface area (Å²) in [6.45, 7) is 0. The third-order valence-electron chi connectivity index (χ3n) is 3.74. The lowest BCUT2D eigenvalue weighted by Gasteiger charge is -2.05. The maximum absolute atomic E-state index is 11.8. The zero-order chi connectivity index (χ0) is 19.7. The molecule has 0 aliphatic carbocycles. The summed E-state index contributed by atoms with van der Waals surface area (Å²) in [5.41, 5.74) is 7.13. The van der Waals surface area contributed by atoms with E-state index in [-0.39, 0.29) is 11.5 Å². The number of aromatic nitrogens is 7. The largest absolute Gasteiger partial charge is 0.364 e. The summed E-state index contributed by atoms with van der Waals surface area (Å²) in [6, 6.07) is 12.1. The second-order valence-electron chi connectivity index (χ2n) is 5.56. The molecular weight excluding hydrogens is 405 g/mol. The van der Waals surface area contributed by atoms with Crippen molar-refractivity contribution in [1.82, 2.24) is 35.6 Å². The topological polar surface area (TPSA) is 140 Å². The highest BCUT2D eigenvalue weighted by atomic mass is 35.5. The molecule has 28 heavy (non-hydrogen) atoms. The number of aromatic amines is 1. The molecule has 0 aliphatic rings. The molecule has 0 unspecified atom stereocenters. The molecule has 2 aromatic heterocycles. The van der Waals surface area contributed by atoms with Crippen molar-refractivity contribution in [2.75, 3.05) is 5.32 Å². The molecule has 1 amide bonds. The van der Waals surface area contributed by atoms with E-state index < -0.39 is 5.91 Å². The number of halogens is 2. The summed E-state index contributed by atoms with van der Waals surface area (Å²) in [5.74, 6) is -0.125. The minimum atomic E-state index is -0.750. The van der Waals surface area contributed by atoms with Gasteiger partial charge in [0.05, 0.1) is 10.0 Å². The third-order valence-corrected chi connectivity index (χ3v) is 4.35. The molecule has 0 bridgehead atoms. The van der Waals surface area contributed by atoms with Crippen LogP contribution in [0.15, 0.2) is 42.5 Å². The van der Waals surface area contributed by atoms with E-state index >= 15 is 0 Å². The van der Waals surface area contributed by atoms with Gasteiger partial charge in [-0.3, -0.25) is 4.79 Å². The lowest BCUT2D eigenvalue weighted by molar-refractivity contribution is 0.0996. The molecular formula is C16H11Cl2N9O. The highest BCUT2D eigenvalue weighted by molar-refractivity contribution is 6.37. The quantitative estimate of drug-likeness (QED) is 0.454. The minimum Gasteiger partial charge on any atom is -0.364 e. The van der Waals surface area contributed by atoms with E-state index in [0.717, 1.165) is 5.56 Å². The van der Waals surface area contributed by atoms with Gasteiger partial charge in [0.1, 0.15) is 5.69 Å². The Morgan fingerprint density at radius 2 is 1.79 bits per heavy atom. The van der Waals surface area contributed by atoms with Crippen LogP contribution in [-0.4, -0.2) is 41.5 Å². The molecule has 0 aliphatic heterocycles. The number of anilines is 2. The number of H-pyrrole nitrogens is 1. The second-order valence-corrected chi connectivity index (χ2v) is 6.37. The SMILES string of the molecule is NC(=O)c1nn(-c2c(Cl)cccc2Cl)nc1Nc1ccc(-c2nn[nH]n2)cc1. The number of nitrogens with one attached hydrogen (secondary N) is 2. The average Bonchev–Trinajstić information content (AvgIpc) is 3.33. The van der Waals surface area contributed by atoms with E-state index in [2.05, 4.69) is 36.1 Å². The number of para-hydroxylation sites is 1. The van der Waals surface area contributed by atoms with Gasteiger partial charge in [0, 0.05) is 11.3 Å². The van der Waals surface area contributed by atoms with Crippen LogP contribution in [0.5, 0.6) is 0 Å². The van der Waals surface area contributed by atoms with Crippen molar-refractivity contribution in [1.29, 1.82) is 0 Å². The number of nitrogens with two attached hydrogens (primary N) is 1. The van der Waals surface area contributed by atoms with Crippen LogP contribution in [0.25, 0.3) is 17.1 Å². The normalized spacial score (nSPS) is 10.8. The highest BCUT2D eigenvalue weighted by Gasteiger charge is 2.20. The van der Waals surface area contributed by atoms with Crippen molar-refractivity contribution in [2.45, 2.75) is 0 Å². The van der Waals surface area contributed by atoms with Crippen LogP contribution in [0.3, 0.4) is 0 Å². The Labute approximate surface area is 167 Å². The molecule has 0 saturated heterocycles. The fraction of sp³-hybridized carbons (Fsp3) is 0. The van der Waals surface area contributed by atoms with Crippen molar-refractivity contribution in [2.24, 2.45) is 5.73 Å². The van der Waals surface area contributed by atoms with Gasteiger partial charge in [0.2, 0.25) is 5.82 Å². The molecule has 0 spiro atoms. The molecule has 0 fully saturated rings. The molecule has 4 N–H and O–H groups in total. The van der Waals surface area contributed by atoms with Crippen LogP contribution in [0.1, 0.15) is 10.5 Å². The second kappa shape index (κ2) is 7.25. The Morgan fingerprint density at radius 3 is 2.39 bits per heavy atom. The number of tetrazole rings is 1. The summed E-state index contributed by atoms with van der Waals surface area (Å²) >= 11 is 12.4. The lowest BCUT2D eigenvalue weighted by atomic mass is 10.2. The maximum atomic E-state index is 11.8. The lowest BCUT2D eigenvalue weighted by Crippen LogP contribution is -2.14. The number of carbonyl (C=O) groups is 1. The van der Waals surface area contributed by atoms with Crippen molar-refractivity contribution < 1.29 is 4.79 Å². The summed E-state index contributed by atoms with van der Waals surface area (Å²) in [5, 5.41) is 25.8. The summed E-state index contributed by atoms with van der Waals surface area (Å²) in [7, 11) is 0. The Morgan fingerprint density at radius 1 is 1.07 bits per heavy atom. The van der Waals surface area contributed by atoms with Gasteiger partial charge in [-0.05, 0) is 41.6 Å². The first-order chi connectivity index (χ1) is 13.5. The molecule has 10 nitrogen and oxygen atoms in total. The van der Waals surface area contributed by atoms with Gasteiger partial charge in [0.25, 0.3) is 5.91 Å². The standard InChI is InChI=1S/C16H11Cl2N9O/c17-10-2-1-3-11(18)13(10)27-23-12(14(19)28)16(24-27)20-9-6-4-8(5-7-9)15-21-25-26-22-15/h1-7H,(H2,19,28)(H,20,24)(H,21,22,25,26). The van der Waals surface area contributed by atoms with Crippen LogP contribution >= 0.6 is 23.2 Å². The van der Waals surface area contributed by atoms with Gasteiger partial charge < -0.3 is 11.1 Å². The summed E-state index contributed by atoms with van der Waals surface area (Å²) in [4.78, 5) is 13.0. The van der Waals surface area contributed by atoms with Gasteiger partial charge in [-0.2, -0.15) is 5.21 Å². The molecule has 140 valence electrons. The number of nitrogens with zero attached hydrogens (tertiary/aromatic N) is 6. The van der Waals surface area contributed by atoms with E-state index in [1.807, 2.05) is 0 Å².